The fourth-order valence-corrected chi connectivity index (χ4v) is 3.14. The molecule has 1 atom stereocenters. The third-order valence-electron chi connectivity index (χ3n) is 3.70. The summed E-state index contributed by atoms with van der Waals surface area (Å²) in [7, 11) is -3.54. The van der Waals surface area contributed by atoms with Crippen LogP contribution >= 0.6 is 0 Å². The van der Waals surface area contributed by atoms with Gasteiger partial charge in [0.25, 0.3) is 0 Å². The summed E-state index contributed by atoms with van der Waals surface area (Å²) in [6.07, 6.45) is 3.28. The predicted octanol–water partition coefficient (Wildman–Crippen LogP) is 2.73. The van der Waals surface area contributed by atoms with Crippen molar-refractivity contribution in [2.75, 3.05) is 6.61 Å². The predicted molar refractivity (Wildman–Crippen MR) is 83.1 cm³/mol. The molecule has 0 aliphatic heterocycles. The van der Waals surface area contributed by atoms with E-state index in [2.05, 4.69) is 4.72 Å². The van der Waals surface area contributed by atoms with Crippen molar-refractivity contribution in [2.45, 2.75) is 65.0 Å². The SMILES string of the molecule is CCOC(=O)C1=C(NS(=O)(=O)C(C)(C)C)C(C)CCCC1. The summed E-state index contributed by atoms with van der Waals surface area (Å²) in [6, 6.07) is 0. The maximum atomic E-state index is 12.4. The summed E-state index contributed by atoms with van der Waals surface area (Å²) in [5.41, 5.74) is 0.996. The molecule has 0 fully saturated rings. The van der Waals surface area contributed by atoms with Gasteiger partial charge in [-0.2, -0.15) is 0 Å². The Morgan fingerprint density at radius 1 is 1.33 bits per heavy atom. The van der Waals surface area contributed by atoms with Crippen molar-refractivity contribution >= 4 is 16.0 Å². The summed E-state index contributed by atoms with van der Waals surface area (Å²) < 4.78 is 31.6. The van der Waals surface area contributed by atoms with Crippen LogP contribution in [0.15, 0.2) is 11.3 Å². The number of nitrogens with one attached hydrogen (secondary N) is 1. The molecule has 1 aliphatic carbocycles. The number of esters is 1. The van der Waals surface area contributed by atoms with Crippen LogP contribution in [-0.4, -0.2) is 25.7 Å². The van der Waals surface area contributed by atoms with Gasteiger partial charge in [-0.25, -0.2) is 13.2 Å². The lowest BCUT2D eigenvalue weighted by molar-refractivity contribution is -0.138. The molecule has 1 N–H and O–H groups in total. The molecular weight excluding hydrogens is 290 g/mol. The third-order valence-corrected chi connectivity index (χ3v) is 5.81. The molecule has 122 valence electrons. The molecule has 0 heterocycles. The Hall–Kier alpha value is -1.04. The number of hydrogen-bond donors (Lipinski definition) is 1. The maximum absolute atomic E-state index is 12.4. The van der Waals surface area contributed by atoms with Crippen molar-refractivity contribution < 1.29 is 17.9 Å². The molecule has 1 unspecified atom stereocenters. The number of rotatable bonds is 4. The molecule has 0 radical (unpaired) electrons. The molecule has 6 heteroatoms. The molecule has 0 saturated carbocycles. The van der Waals surface area contributed by atoms with E-state index < -0.39 is 20.7 Å². The van der Waals surface area contributed by atoms with Crippen molar-refractivity contribution in [3.63, 3.8) is 0 Å². The first-order valence-corrected chi connectivity index (χ1v) is 9.01. The molecule has 21 heavy (non-hydrogen) atoms. The van der Waals surface area contributed by atoms with Gasteiger partial charge in [-0.1, -0.05) is 13.3 Å². The summed E-state index contributed by atoms with van der Waals surface area (Å²) in [5, 5.41) is 0. The van der Waals surface area contributed by atoms with Gasteiger partial charge in [0.1, 0.15) is 0 Å². The van der Waals surface area contributed by atoms with Crippen LogP contribution in [0.5, 0.6) is 0 Å². The zero-order valence-electron chi connectivity index (χ0n) is 13.7. The molecule has 0 aromatic rings. The molecule has 5 nitrogen and oxygen atoms in total. The van der Waals surface area contributed by atoms with E-state index in [0.29, 0.717) is 17.7 Å². The van der Waals surface area contributed by atoms with E-state index >= 15 is 0 Å². The van der Waals surface area contributed by atoms with E-state index in [0.717, 1.165) is 19.3 Å². The van der Waals surface area contributed by atoms with Gasteiger partial charge in [0.2, 0.25) is 10.0 Å². The average Bonchev–Trinajstić information content (AvgIpc) is 2.51. The first-order valence-electron chi connectivity index (χ1n) is 7.52. The second-order valence-electron chi connectivity index (χ2n) is 6.48. The van der Waals surface area contributed by atoms with Crippen LogP contribution in [0.3, 0.4) is 0 Å². The van der Waals surface area contributed by atoms with Crippen LogP contribution in [0.2, 0.25) is 0 Å². The highest BCUT2D eigenvalue weighted by molar-refractivity contribution is 7.90. The average molecular weight is 317 g/mol. The van der Waals surface area contributed by atoms with Crippen LogP contribution in [0.1, 0.15) is 60.3 Å². The van der Waals surface area contributed by atoms with Gasteiger partial charge >= 0.3 is 5.97 Å². The molecule has 1 rings (SSSR count). The topological polar surface area (TPSA) is 72.5 Å². The highest BCUT2D eigenvalue weighted by Gasteiger charge is 2.33. The van der Waals surface area contributed by atoms with Crippen molar-refractivity contribution in [2.24, 2.45) is 5.92 Å². The summed E-state index contributed by atoms with van der Waals surface area (Å²) in [5.74, 6) is -0.401. The van der Waals surface area contributed by atoms with Crippen molar-refractivity contribution in [3.8, 4) is 0 Å². The number of hydrogen-bond acceptors (Lipinski definition) is 4. The lowest BCUT2D eigenvalue weighted by Gasteiger charge is -2.25. The lowest BCUT2D eigenvalue weighted by Crippen LogP contribution is -2.41. The van der Waals surface area contributed by atoms with E-state index in [-0.39, 0.29) is 12.5 Å². The molecule has 0 aromatic carbocycles. The first-order chi connectivity index (χ1) is 9.60. The van der Waals surface area contributed by atoms with Gasteiger partial charge in [-0.05, 0) is 52.9 Å². The van der Waals surface area contributed by atoms with Crippen LogP contribution in [0, 0.1) is 5.92 Å². The third kappa shape index (κ3) is 4.46. The van der Waals surface area contributed by atoms with Gasteiger partial charge in [-0.3, -0.25) is 4.72 Å². The summed E-state index contributed by atoms with van der Waals surface area (Å²) >= 11 is 0. The molecular formula is C15H27NO4S. The number of ether oxygens (including phenoxy) is 1. The fourth-order valence-electron chi connectivity index (χ4n) is 2.22. The largest absolute Gasteiger partial charge is 0.463 e. The molecule has 0 amide bonds. The Morgan fingerprint density at radius 2 is 1.95 bits per heavy atom. The lowest BCUT2D eigenvalue weighted by atomic mass is 10.0. The fraction of sp³-hybridized carbons (Fsp3) is 0.800. The minimum Gasteiger partial charge on any atom is -0.463 e. The van der Waals surface area contributed by atoms with Gasteiger partial charge in [-0.15, -0.1) is 0 Å². The monoisotopic (exact) mass is 317 g/mol. The zero-order valence-corrected chi connectivity index (χ0v) is 14.5. The quantitative estimate of drug-likeness (QED) is 0.809. The normalized spacial score (nSPS) is 20.9. The van der Waals surface area contributed by atoms with Crippen LogP contribution in [0.4, 0.5) is 0 Å². The van der Waals surface area contributed by atoms with E-state index in [1.165, 1.54) is 0 Å². The highest BCUT2D eigenvalue weighted by Crippen LogP contribution is 2.29. The molecule has 0 aromatic heterocycles. The Labute approximate surface area is 128 Å². The van der Waals surface area contributed by atoms with Crippen molar-refractivity contribution in [1.29, 1.82) is 0 Å². The Morgan fingerprint density at radius 3 is 2.48 bits per heavy atom. The van der Waals surface area contributed by atoms with Gasteiger partial charge in [0.05, 0.1) is 16.9 Å². The molecule has 0 saturated heterocycles. The van der Waals surface area contributed by atoms with Gasteiger partial charge in [0, 0.05) is 5.70 Å². The van der Waals surface area contributed by atoms with Crippen molar-refractivity contribution in [1.82, 2.24) is 4.72 Å². The summed E-state index contributed by atoms with van der Waals surface area (Å²) in [4.78, 5) is 12.1. The standard InChI is InChI=1S/C15H27NO4S/c1-6-20-14(17)12-10-8-7-9-11(2)13(12)16-21(18,19)15(3,4)5/h11,16H,6-10H2,1-5H3. The second-order valence-corrected chi connectivity index (χ2v) is 8.91. The van der Waals surface area contributed by atoms with E-state index in [4.69, 9.17) is 4.74 Å². The van der Waals surface area contributed by atoms with Crippen LogP contribution < -0.4 is 4.72 Å². The minimum atomic E-state index is -3.54. The number of carbonyl (C=O) groups excluding carboxylic acids is 1. The van der Waals surface area contributed by atoms with Crippen LogP contribution in [-0.2, 0) is 19.6 Å². The van der Waals surface area contributed by atoms with Crippen LogP contribution in [0.25, 0.3) is 0 Å². The Kier molecular flexibility index (Phi) is 5.84. The smallest absolute Gasteiger partial charge is 0.335 e. The second kappa shape index (κ2) is 6.81. The highest BCUT2D eigenvalue weighted by atomic mass is 32.2. The Balaban J connectivity index is 3.23. The van der Waals surface area contributed by atoms with Gasteiger partial charge < -0.3 is 4.74 Å². The van der Waals surface area contributed by atoms with Crippen molar-refractivity contribution in [3.05, 3.63) is 11.3 Å². The first kappa shape index (κ1) is 18.0. The number of carbonyl (C=O) groups is 1. The van der Waals surface area contributed by atoms with E-state index in [1.54, 1.807) is 27.7 Å². The van der Waals surface area contributed by atoms with Gasteiger partial charge in [0.15, 0.2) is 0 Å². The molecule has 0 bridgehead atoms. The maximum Gasteiger partial charge on any atom is 0.335 e. The number of sulfonamides is 1. The zero-order chi connectivity index (χ0) is 16.3. The Bertz CT molecular complexity index is 514. The van der Waals surface area contributed by atoms with E-state index in [9.17, 15) is 13.2 Å². The molecule has 0 spiro atoms. The molecule has 1 aliphatic rings. The minimum absolute atomic E-state index is 0.00373. The van der Waals surface area contributed by atoms with E-state index in [1.807, 2.05) is 6.92 Å². The summed E-state index contributed by atoms with van der Waals surface area (Å²) in [6.45, 7) is 8.91. The number of allylic oxidation sites excluding steroid dienone is 1.